The van der Waals surface area contributed by atoms with E-state index in [1.807, 2.05) is 13.1 Å². The van der Waals surface area contributed by atoms with E-state index >= 15 is 0 Å². The molecule has 0 amide bonds. The topological polar surface area (TPSA) is 34.2 Å². The van der Waals surface area contributed by atoms with Gasteiger partial charge in [-0.25, -0.2) is 0 Å². The number of hydrogen-bond donors (Lipinski definition) is 1. The van der Waals surface area contributed by atoms with Gasteiger partial charge in [-0.05, 0) is 43.9 Å². The summed E-state index contributed by atoms with van der Waals surface area (Å²) in [6.07, 6.45) is 6.75. The van der Waals surface area contributed by atoms with Crippen molar-refractivity contribution in [1.29, 1.82) is 0 Å². The number of hydrogen-bond acceptors (Lipinski definition) is 3. The second kappa shape index (κ2) is 6.34. The van der Waals surface area contributed by atoms with E-state index in [0.29, 0.717) is 12.0 Å². The highest BCUT2D eigenvalue weighted by Gasteiger charge is 2.23. The zero-order valence-corrected chi connectivity index (χ0v) is 10.9. The Kier molecular flexibility index (Phi) is 4.77. The molecule has 1 N–H and O–H groups in total. The van der Waals surface area contributed by atoms with Gasteiger partial charge in [0.05, 0.1) is 5.02 Å². The van der Waals surface area contributed by atoms with Gasteiger partial charge >= 0.3 is 0 Å². The summed E-state index contributed by atoms with van der Waals surface area (Å²) in [5.74, 6) is 0.679. The highest BCUT2D eigenvalue weighted by atomic mass is 35.5. The van der Waals surface area contributed by atoms with Crippen molar-refractivity contribution in [2.45, 2.75) is 25.3 Å². The van der Waals surface area contributed by atoms with Gasteiger partial charge in [0.25, 0.3) is 0 Å². The van der Waals surface area contributed by atoms with Gasteiger partial charge in [-0.3, -0.25) is 4.98 Å². The largest absolute Gasteiger partial charge is 0.381 e. The van der Waals surface area contributed by atoms with E-state index < -0.39 is 0 Å². The fraction of sp³-hybridized carbons (Fsp3) is 0.615. The Morgan fingerprint density at radius 2 is 2.29 bits per heavy atom. The number of halogens is 1. The van der Waals surface area contributed by atoms with E-state index in [4.69, 9.17) is 16.3 Å². The molecule has 94 valence electrons. The molecule has 3 nitrogen and oxygen atoms in total. The van der Waals surface area contributed by atoms with Crippen LogP contribution in [0.3, 0.4) is 0 Å². The Morgan fingerprint density at radius 3 is 2.94 bits per heavy atom. The maximum atomic E-state index is 6.15. The molecule has 1 aliphatic rings. The lowest BCUT2D eigenvalue weighted by atomic mass is 9.88. The molecule has 1 fully saturated rings. The fourth-order valence-electron chi connectivity index (χ4n) is 2.43. The zero-order chi connectivity index (χ0) is 12.1. The minimum absolute atomic E-state index is 0.471. The second-order valence-electron chi connectivity index (χ2n) is 4.52. The molecule has 2 rings (SSSR count). The van der Waals surface area contributed by atoms with Crippen LogP contribution in [0.4, 0.5) is 0 Å². The van der Waals surface area contributed by atoms with E-state index in [1.165, 1.54) is 5.56 Å². The van der Waals surface area contributed by atoms with E-state index in [9.17, 15) is 0 Å². The van der Waals surface area contributed by atoms with Crippen LogP contribution in [0.15, 0.2) is 18.5 Å². The average molecular weight is 255 g/mol. The smallest absolute Gasteiger partial charge is 0.0621 e. The molecule has 1 atom stereocenters. The van der Waals surface area contributed by atoms with Crippen molar-refractivity contribution in [3.63, 3.8) is 0 Å². The Balaban J connectivity index is 2.01. The van der Waals surface area contributed by atoms with Gasteiger partial charge in [-0.1, -0.05) is 11.6 Å². The number of pyridine rings is 1. The number of aromatic nitrogens is 1. The predicted octanol–water partition coefficient (Wildman–Crippen LogP) is 2.29. The molecule has 4 heteroatoms. The van der Waals surface area contributed by atoms with E-state index in [2.05, 4.69) is 10.3 Å². The maximum Gasteiger partial charge on any atom is 0.0621 e. The third-order valence-electron chi connectivity index (χ3n) is 3.50. The van der Waals surface area contributed by atoms with Crippen LogP contribution in [0.5, 0.6) is 0 Å². The van der Waals surface area contributed by atoms with Crippen molar-refractivity contribution in [2.75, 3.05) is 20.3 Å². The Bertz CT molecular complexity index is 353. The summed E-state index contributed by atoms with van der Waals surface area (Å²) in [7, 11) is 2.02. The number of nitrogens with zero attached hydrogens (tertiary/aromatic N) is 1. The van der Waals surface area contributed by atoms with Gasteiger partial charge in [-0.15, -0.1) is 0 Å². The van der Waals surface area contributed by atoms with Gasteiger partial charge in [0, 0.05) is 31.6 Å². The van der Waals surface area contributed by atoms with Crippen LogP contribution in [-0.2, 0) is 11.2 Å². The van der Waals surface area contributed by atoms with Crippen molar-refractivity contribution in [3.8, 4) is 0 Å². The monoisotopic (exact) mass is 254 g/mol. The van der Waals surface area contributed by atoms with Crippen LogP contribution in [-0.4, -0.2) is 31.3 Å². The van der Waals surface area contributed by atoms with Crippen LogP contribution in [0.2, 0.25) is 5.02 Å². The summed E-state index contributed by atoms with van der Waals surface area (Å²) in [6.45, 7) is 1.76. The summed E-state index contributed by atoms with van der Waals surface area (Å²) in [4.78, 5) is 4.02. The fourth-order valence-corrected chi connectivity index (χ4v) is 2.63. The van der Waals surface area contributed by atoms with E-state index in [0.717, 1.165) is 37.5 Å². The lowest BCUT2D eigenvalue weighted by Gasteiger charge is -2.30. The van der Waals surface area contributed by atoms with Crippen LogP contribution < -0.4 is 5.32 Å². The minimum atomic E-state index is 0.471. The van der Waals surface area contributed by atoms with Crippen molar-refractivity contribution >= 4 is 11.6 Å². The lowest BCUT2D eigenvalue weighted by molar-refractivity contribution is 0.0547. The Labute approximate surface area is 108 Å². The number of ether oxygens (including phenoxy) is 1. The van der Waals surface area contributed by atoms with Gasteiger partial charge < -0.3 is 10.1 Å². The quantitative estimate of drug-likeness (QED) is 0.895. The minimum Gasteiger partial charge on any atom is -0.381 e. The van der Waals surface area contributed by atoms with Crippen molar-refractivity contribution < 1.29 is 4.74 Å². The normalized spacial score (nSPS) is 19.2. The second-order valence-corrected chi connectivity index (χ2v) is 4.92. The van der Waals surface area contributed by atoms with E-state index in [1.54, 1.807) is 12.4 Å². The SMILES string of the molecule is CNC(Cc1ccncc1Cl)C1CCOCC1. The van der Waals surface area contributed by atoms with Crippen molar-refractivity contribution in [1.82, 2.24) is 10.3 Å². The molecule has 0 radical (unpaired) electrons. The standard InChI is InChI=1S/C13H19ClN2O/c1-15-13(10-3-6-17-7-4-10)8-11-2-5-16-9-12(11)14/h2,5,9-10,13,15H,3-4,6-8H2,1H3. The molecule has 0 aromatic carbocycles. The molecule has 0 bridgehead atoms. The van der Waals surface area contributed by atoms with Crippen LogP contribution in [0.25, 0.3) is 0 Å². The molecule has 1 aromatic rings. The Morgan fingerprint density at radius 1 is 1.53 bits per heavy atom. The third kappa shape index (κ3) is 3.41. The van der Waals surface area contributed by atoms with Crippen LogP contribution >= 0.6 is 11.6 Å². The highest BCUT2D eigenvalue weighted by molar-refractivity contribution is 6.31. The summed E-state index contributed by atoms with van der Waals surface area (Å²) in [6, 6.07) is 2.48. The van der Waals surface area contributed by atoms with Crippen LogP contribution in [0.1, 0.15) is 18.4 Å². The van der Waals surface area contributed by atoms with Gasteiger partial charge in [0.1, 0.15) is 0 Å². The first-order valence-corrected chi connectivity index (χ1v) is 6.52. The molecule has 0 aliphatic carbocycles. The first kappa shape index (κ1) is 12.8. The molecule has 0 spiro atoms. The zero-order valence-electron chi connectivity index (χ0n) is 10.2. The Hall–Kier alpha value is -0.640. The third-order valence-corrected chi connectivity index (χ3v) is 3.84. The van der Waals surface area contributed by atoms with Crippen molar-refractivity contribution in [3.05, 3.63) is 29.0 Å². The highest BCUT2D eigenvalue weighted by Crippen LogP contribution is 2.23. The molecule has 1 unspecified atom stereocenters. The average Bonchev–Trinajstić information content (AvgIpc) is 2.39. The molecule has 1 aliphatic heterocycles. The number of likely N-dealkylation sites (N-methyl/N-ethyl adjacent to an activating group) is 1. The van der Waals surface area contributed by atoms with E-state index in [-0.39, 0.29) is 0 Å². The molecule has 2 heterocycles. The summed E-state index contributed by atoms with van der Waals surface area (Å²) in [5, 5.41) is 4.18. The van der Waals surface area contributed by atoms with Gasteiger partial charge in [0.15, 0.2) is 0 Å². The maximum absolute atomic E-state index is 6.15. The van der Waals surface area contributed by atoms with Crippen LogP contribution in [0, 0.1) is 5.92 Å². The number of nitrogens with one attached hydrogen (secondary N) is 1. The van der Waals surface area contributed by atoms with Gasteiger partial charge in [-0.2, -0.15) is 0 Å². The molecule has 1 aromatic heterocycles. The molecule has 1 saturated heterocycles. The molecular formula is C13H19ClN2O. The molecule has 0 saturated carbocycles. The van der Waals surface area contributed by atoms with Crippen molar-refractivity contribution in [2.24, 2.45) is 5.92 Å². The lowest BCUT2D eigenvalue weighted by Crippen LogP contribution is -2.38. The first-order valence-electron chi connectivity index (χ1n) is 6.14. The predicted molar refractivity (Wildman–Crippen MR) is 69.3 cm³/mol. The van der Waals surface area contributed by atoms with Gasteiger partial charge in [0.2, 0.25) is 0 Å². The summed E-state index contributed by atoms with van der Waals surface area (Å²) >= 11 is 6.15. The first-order chi connectivity index (χ1) is 8.31. The summed E-state index contributed by atoms with van der Waals surface area (Å²) in [5.41, 5.74) is 1.17. The summed E-state index contributed by atoms with van der Waals surface area (Å²) < 4.78 is 5.40. The molecular weight excluding hydrogens is 236 g/mol. The number of rotatable bonds is 4. The molecule has 17 heavy (non-hydrogen) atoms.